The Hall–Kier alpha value is -2.24. The van der Waals surface area contributed by atoms with E-state index in [1.54, 1.807) is 0 Å². The van der Waals surface area contributed by atoms with Gasteiger partial charge >= 0.3 is 0 Å². The van der Waals surface area contributed by atoms with Crippen LogP contribution in [0.2, 0.25) is 0 Å². The number of aromatic nitrogens is 4. The van der Waals surface area contributed by atoms with Gasteiger partial charge in [0.05, 0.1) is 5.69 Å². The summed E-state index contributed by atoms with van der Waals surface area (Å²) in [6, 6.07) is 6.10. The Bertz CT molecular complexity index is 699. The molecule has 0 bridgehead atoms. The SMILES string of the molecule is CC(C)c1nccc(NCC2CN(c3ccc(C(C)(C)C)nn3)C2)n1. The lowest BCUT2D eigenvalue weighted by Gasteiger charge is -2.40. The van der Waals surface area contributed by atoms with Crippen molar-refractivity contribution in [1.82, 2.24) is 20.2 Å². The lowest BCUT2D eigenvalue weighted by Crippen LogP contribution is -2.50. The lowest BCUT2D eigenvalue weighted by atomic mass is 9.92. The number of nitrogens with zero attached hydrogens (tertiary/aromatic N) is 5. The first kappa shape index (κ1) is 17.6. The number of hydrogen-bond donors (Lipinski definition) is 1. The molecule has 2 aromatic heterocycles. The van der Waals surface area contributed by atoms with Crippen LogP contribution in [-0.4, -0.2) is 39.8 Å². The van der Waals surface area contributed by atoms with Crippen LogP contribution in [-0.2, 0) is 5.41 Å². The third-order valence-electron chi connectivity index (χ3n) is 4.46. The van der Waals surface area contributed by atoms with E-state index in [4.69, 9.17) is 0 Å². The second kappa shape index (κ2) is 6.94. The van der Waals surface area contributed by atoms with Crippen molar-refractivity contribution in [2.45, 2.75) is 46.0 Å². The summed E-state index contributed by atoms with van der Waals surface area (Å²) in [4.78, 5) is 11.1. The molecule has 0 aromatic carbocycles. The normalized spacial score (nSPS) is 15.4. The van der Waals surface area contributed by atoms with Gasteiger partial charge in [0.1, 0.15) is 11.6 Å². The predicted molar refractivity (Wildman–Crippen MR) is 101 cm³/mol. The van der Waals surface area contributed by atoms with E-state index in [9.17, 15) is 0 Å². The van der Waals surface area contributed by atoms with E-state index in [1.165, 1.54) is 0 Å². The van der Waals surface area contributed by atoms with Gasteiger partial charge in [-0.1, -0.05) is 34.6 Å². The highest BCUT2D eigenvalue weighted by Gasteiger charge is 2.28. The van der Waals surface area contributed by atoms with Crippen molar-refractivity contribution in [3.63, 3.8) is 0 Å². The van der Waals surface area contributed by atoms with Crippen LogP contribution in [0.15, 0.2) is 24.4 Å². The van der Waals surface area contributed by atoms with Crippen LogP contribution in [0.5, 0.6) is 0 Å². The summed E-state index contributed by atoms with van der Waals surface area (Å²) < 4.78 is 0. The fourth-order valence-corrected chi connectivity index (χ4v) is 2.78. The molecule has 0 unspecified atom stereocenters. The Labute approximate surface area is 150 Å². The van der Waals surface area contributed by atoms with Crippen LogP contribution < -0.4 is 10.2 Å². The smallest absolute Gasteiger partial charge is 0.151 e. The number of hydrogen-bond acceptors (Lipinski definition) is 6. The average Bonchev–Trinajstić information content (AvgIpc) is 2.53. The zero-order chi connectivity index (χ0) is 18.0. The molecule has 2 aromatic rings. The molecule has 3 heterocycles. The summed E-state index contributed by atoms with van der Waals surface area (Å²) in [6.07, 6.45) is 1.82. The van der Waals surface area contributed by atoms with E-state index < -0.39 is 0 Å². The highest BCUT2D eigenvalue weighted by Crippen LogP contribution is 2.25. The van der Waals surface area contributed by atoms with E-state index >= 15 is 0 Å². The van der Waals surface area contributed by atoms with Gasteiger partial charge in [-0.3, -0.25) is 0 Å². The summed E-state index contributed by atoms with van der Waals surface area (Å²) in [6.45, 7) is 13.6. The predicted octanol–water partition coefficient (Wildman–Crippen LogP) is 3.24. The van der Waals surface area contributed by atoms with Crippen molar-refractivity contribution >= 4 is 11.6 Å². The molecule has 134 valence electrons. The van der Waals surface area contributed by atoms with Gasteiger partial charge in [-0.25, -0.2) is 9.97 Å². The maximum absolute atomic E-state index is 4.55. The molecule has 6 nitrogen and oxygen atoms in total. The van der Waals surface area contributed by atoms with Crippen LogP contribution in [0, 0.1) is 5.92 Å². The summed E-state index contributed by atoms with van der Waals surface area (Å²) >= 11 is 0. The minimum atomic E-state index is 0.0410. The molecule has 1 aliphatic heterocycles. The molecular weight excluding hydrogens is 312 g/mol. The first-order valence-corrected chi connectivity index (χ1v) is 8.99. The molecule has 0 saturated carbocycles. The standard InChI is InChI=1S/C19H28N6/c1-13(2)18-20-9-8-16(22-18)21-10-14-11-25(12-14)17-7-6-15(23-24-17)19(3,4)5/h6-9,13-14H,10-12H2,1-5H3,(H,20,21,22). The minimum absolute atomic E-state index is 0.0410. The van der Waals surface area contributed by atoms with Crippen molar-refractivity contribution in [3.05, 3.63) is 35.9 Å². The summed E-state index contributed by atoms with van der Waals surface area (Å²) in [7, 11) is 0. The van der Waals surface area contributed by atoms with Gasteiger partial charge in [0, 0.05) is 43.1 Å². The van der Waals surface area contributed by atoms with Gasteiger partial charge in [-0.05, 0) is 18.2 Å². The lowest BCUT2D eigenvalue weighted by molar-refractivity contribution is 0.424. The second-order valence-corrected chi connectivity index (χ2v) is 8.13. The molecule has 1 saturated heterocycles. The van der Waals surface area contributed by atoms with E-state index in [0.29, 0.717) is 11.8 Å². The molecule has 25 heavy (non-hydrogen) atoms. The van der Waals surface area contributed by atoms with Crippen LogP contribution in [0.3, 0.4) is 0 Å². The van der Waals surface area contributed by atoms with Gasteiger partial charge in [-0.2, -0.15) is 5.10 Å². The van der Waals surface area contributed by atoms with Gasteiger partial charge in [0.15, 0.2) is 5.82 Å². The third-order valence-corrected chi connectivity index (χ3v) is 4.46. The van der Waals surface area contributed by atoms with Crippen molar-refractivity contribution in [2.75, 3.05) is 29.9 Å². The van der Waals surface area contributed by atoms with E-state index in [-0.39, 0.29) is 5.41 Å². The molecule has 1 fully saturated rings. The zero-order valence-electron chi connectivity index (χ0n) is 15.8. The van der Waals surface area contributed by atoms with Crippen molar-refractivity contribution in [2.24, 2.45) is 5.92 Å². The van der Waals surface area contributed by atoms with Crippen LogP contribution in [0.1, 0.15) is 52.1 Å². The molecule has 0 aliphatic carbocycles. The van der Waals surface area contributed by atoms with Gasteiger partial charge in [0.25, 0.3) is 0 Å². The Morgan fingerprint density at radius 2 is 1.92 bits per heavy atom. The van der Waals surface area contributed by atoms with Crippen molar-refractivity contribution in [1.29, 1.82) is 0 Å². The highest BCUT2D eigenvalue weighted by atomic mass is 15.3. The number of nitrogens with one attached hydrogen (secondary N) is 1. The quantitative estimate of drug-likeness (QED) is 0.901. The first-order valence-electron chi connectivity index (χ1n) is 8.99. The van der Waals surface area contributed by atoms with E-state index in [0.717, 1.165) is 42.8 Å². The van der Waals surface area contributed by atoms with Gasteiger partial charge < -0.3 is 10.2 Å². The van der Waals surface area contributed by atoms with Crippen LogP contribution >= 0.6 is 0 Å². The number of anilines is 2. The Balaban J connectivity index is 1.49. The molecule has 0 radical (unpaired) electrons. The molecule has 1 N–H and O–H groups in total. The highest BCUT2D eigenvalue weighted by molar-refractivity contribution is 5.42. The maximum atomic E-state index is 4.55. The van der Waals surface area contributed by atoms with Crippen molar-refractivity contribution in [3.8, 4) is 0 Å². The molecule has 6 heteroatoms. The molecule has 0 atom stereocenters. The van der Waals surface area contributed by atoms with Crippen molar-refractivity contribution < 1.29 is 0 Å². The molecule has 0 amide bonds. The van der Waals surface area contributed by atoms with E-state index in [2.05, 4.69) is 77.1 Å². The Kier molecular flexibility index (Phi) is 4.88. The maximum Gasteiger partial charge on any atom is 0.151 e. The fourth-order valence-electron chi connectivity index (χ4n) is 2.78. The minimum Gasteiger partial charge on any atom is -0.370 e. The van der Waals surface area contributed by atoms with Crippen LogP contribution in [0.4, 0.5) is 11.6 Å². The van der Waals surface area contributed by atoms with Gasteiger partial charge in [0.2, 0.25) is 0 Å². The Morgan fingerprint density at radius 1 is 1.16 bits per heavy atom. The summed E-state index contributed by atoms with van der Waals surface area (Å²) in [5.41, 5.74) is 1.07. The summed E-state index contributed by atoms with van der Waals surface area (Å²) in [5, 5.41) is 12.2. The topological polar surface area (TPSA) is 66.8 Å². The fraction of sp³-hybridized carbons (Fsp3) is 0.579. The van der Waals surface area contributed by atoms with Gasteiger partial charge in [-0.15, -0.1) is 5.10 Å². The zero-order valence-corrected chi connectivity index (χ0v) is 15.8. The molecule has 0 spiro atoms. The number of rotatable bonds is 5. The third kappa shape index (κ3) is 4.24. The Morgan fingerprint density at radius 3 is 2.52 bits per heavy atom. The molecule has 3 rings (SSSR count). The van der Waals surface area contributed by atoms with Crippen LogP contribution in [0.25, 0.3) is 0 Å². The molecule has 1 aliphatic rings. The molecular formula is C19H28N6. The summed E-state index contributed by atoms with van der Waals surface area (Å²) in [5.74, 6) is 3.70. The van der Waals surface area contributed by atoms with E-state index in [1.807, 2.05) is 12.3 Å². The second-order valence-electron chi connectivity index (χ2n) is 8.13. The first-order chi connectivity index (χ1) is 11.8. The monoisotopic (exact) mass is 340 g/mol. The largest absolute Gasteiger partial charge is 0.370 e. The average molecular weight is 340 g/mol.